The number of aryl methyl sites for hydroxylation is 1. The van der Waals surface area contributed by atoms with Crippen LogP contribution in [0.5, 0.6) is 0 Å². The molecule has 0 fully saturated rings. The predicted octanol–water partition coefficient (Wildman–Crippen LogP) is 2.19. The van der Waals surface area contributed by atoms with Gasteiger partial charge in [0.1, 0.15) is 0 Å². The van der Waals surface area contributed by atoms with Crippen molar-refractivity contribution >= 4 is 12.6 Å². The Morgan fingerprint density at radius 1 is 1.42 bits per heavy atom. The van der Waals surface area contributed by atoms with Gasteiger partial charge in [-0.1, -0.05) is 24.3 Å². The maximum atomic E-state index is 4.29. The minimum absolute atomic E-state index is 0.370. The van der Waals surface area contributed by atoms with Crippen LogP contribution in [0.15, 0.2) is 24.3 Å². The minimum Gasteiger partial charge on any atom is -0.312 e. The third-order valence-electron chi connectivity index (χ3n) is 2.09. The monoisotopic (exact) mass is 181 g/mol. The second-order valence-electron chi connectivity index (χ2n) is 2.88. The van der Waals surface area contributed by atoms with E-state index in [1.807, 2.05) is 7.05 Å². The molecule has 0 bridgehead atoms. The van der Waals surface area contributed by atoms with Gasteiger partial charge in [0.15, 0.2) is 0 Å². The Kier molecular flexibility index (Phi) is 3.63. The van der Waals surface area contributed by atoms with E-state index in [1.165, 1.54) is 11.1 Å². The summed E-state index contributed by atoms with van der Waals surface area (Å²) in [5.41, 5.74) is 2.67. The summed E-state index contributed by atoms with van der Waals surface area (Å²) in [5, 5.41) is 3.23. The zero-order valence-corrected chi connectivity index (χ0v) is 8.44. The van der Waals surface area contributed by atoms with E-state index >= 15 is 0 Å². The van der Waals surface area contributed by atoms with Gasteiger partial charge in [-0.15, -0.1) is 0 Å². The highest BCUT2D eigenvalue weighted by Gasteiger charge is 2.07. The van der Waals surface area contributed by atoms with Crippen molar-refractivity contribution in [3.8, 4) is 0 Å². The van der Waals surface area contributed by atoms with Crippen molar-refractivity contribution in [2.45, 2.75) is 13.0 Å². The van der Waals surface area contributed by atoms with E-state index < -0.39 is 0 Å². The number of hydrogen-bond acceptors (Lipinski definition) is 2. The largest absolute Gasteiger partial charge is 0.312 e. The van der Waals surface area contributed by atoms with Gasteiger partial charge in [-0.3, -0.25) is 0 Å². The Hall–Kier alpha value is -0.470. The predicted molar refractivity (Wildman–Crippen MR) is 56.8 cm³/mol. The van der Waals surface area contributed by atoms with Gasteiger partial charge in [-0.05, 0) is 25.1 Å². The summed E-state index contributed by atoms with van der Waals surface area (Å²) in [5.74, 6) is 0.835. The molecule has 1 rings (SSSR count). The van der Waals surface area contributed by atoms with Crippen molar-refractivity contribution in [2.75, 3.05) is 12.8 Å². The fraction of sp³-hybridized carbons (Fsp3) is 0.400. The lowest BCUT2D eigenvalue weighted by Crippen LogP contribution is -2.18. The van der Waals surface area contributed by atoms with E-state index in [4.69, 9.17) is 0 Å². The van der Waals surface area contributed by atoms with Crippen LogP contribution in [0.3, 0.4) is 0 Å². The summed E-state index contributed by atoms with van der Waals surface area (Å²) >= 11 is 4.29. The topological polar surface area (TPSA) is 12.0 Å². The third kappa shape index (κ3) is 2.02. The van der Waals surface area contributed by atoms with Gasteiger partial charge in [-0.2, -0.15) is 12.6 Å². The number of rotatable bonds is 3. The fourth-order valence-electron chi connectivity index (χ4n) is 1.32. The SMILES string of the molecule is CNC(CS)c1ccccc1C. The molecule has 0 spiro atoms. The van der Waals surface area contributed by atoms with E-state index in [9.17, 15) is 0 Å². The summed E-state index contributed by atoms with van der Waals surface area (Å²) in [6.45, 7) is 2.13. The molecule has 0 aromatic heterocycles. The lowest BCUT2D eigenvalue weighted by molar-refractivity contribution is 0.659. The van der Waals surface area contributed by atoms with Gasteiger partial charge in [0.2, 0.25) is 0 Å². The first-order chi connectivity index (χ1) is 5.79. The molecule has 0 amide bonds. The third-order valence-corrected chi connectivity index (χ3v) is 2.46. The summed E-state index contributed by atoms with van der Waals surface area (Å²) in [6.07, 6.45) is 0. The van der Waals surface area contributed by atoms with Crippen LogP contribution >= 0.6 is 12.6 Å². The zero-order valence-electron chi connectivity index (χ0n) is 7.54. The van der Waals surface area contributed by atoms with Crippen LogP contribution in [0, 0.1) is 6.92 Å². The number of thiol groups is 1. The molecule has 0 radical (unpaired) electrons. The lowest BCUT2D eigenvalue weighted by atomic mass is 10.0. The molecule has 1 unspecified atom stereocenters. The molecule has 1 aromatic rings. The summed E-state index contributed by atoms with van der Waals surface area (Å²) in [7, 11) is 1.97. The second kappa shape index (κ2) is 4.53. The molecule has 66 valence electrons. The van der Waals surface area contributed by atoms with Gasteiger partial charge in [0.05, 0.1) is 0 Å². The highest BCUT2D eigenvalue weighted by molar-refractivity contribution is 7.80. The Morgan fingerprint density at radius 3 is 2.58 bits per heavy atom. The van der Waals surface area contributed by atoms with Crippen LogP contribution in [-0.4, -0.2) is 12.8 Å². The van der Waals surface area contributed by atoms with E-state index in [2.05, 4.69) is 49.1 Å². The average Bonchev–Trinajstić information content (AvgIpc) is 2.10. The van der Waals surface area contributed by atoms with Crippen LogP contribution in [0.4, 0.5) is 0 Å². The van der Waals surface area contributed by atoms with Gasteiger partial charge in [0.25, 0.3) is 0 Å². The molecule has 0 aliphatic heterocycles. The van der Waals surface area contributed by atoms with E-state index in [0.29, 0.717) is 6.04 Å². The van der Waals surface area contributed by atoms with Crippen molar-refractivity contribution in [2.24, 2.45) is 0 Å². The second-order valence-corrected chi connectivity index (χ2v) is 3.25. The first kappa shape index (κ1) is 9.62. The normalized spacial score (nSPS) is 12.9. The van der Waals surface area contributed by atoms with Gasteiger partial charge < -0.3 is 5.32 Å². The summed E-state index contributed by atoms with van der Waals surface area (Å²) in [6, 6.07) is 8.77. The molecule has 0 saturated heterocycles. The molecule has 12 heavy (non-hydrogen) atoms. The number of nitrogens with one attached hydrogen (secondary N) is 1. The molecule has 0 aliphatic rings. The van der Waals surface area contributed by atoms with Gasteiger partial charge in [-0.25, -0.2) is 0 Å². The van der Waals surface area contributed by atoms with Crippen molar-refractivity contribution < 1.29 is 0 Å². The summed E-state index contributed by atoms with van der Waals surface area (Å²) in [4.78, 5) is 0. The molecule has 2 heteroatoms. The van der Waals surface area contributed by atoms with Crippen molar-refractivity contribution in [3.63, 3.8) is 0 Å². The number of benzene rings is 1. The molecule has 0 saturated carbocycles. The van der Waals surface area contributed by atoms with Crippen LogP contribution in [-0.2, 0) is 0 Å². The van der Waals surface area contributed by atoms with Crippen molar-refractivity contribution in [3.05, 3.63) is 35.4 Å². The Labute approximate surface area is 79.6 Å². The van der Waals surface area contributed by atoms with Gasteiger partial charge >= 0.3 is 0 Å². The highest BCUT2D eigenvalue weighted by atomic mass is 32.1. The first-order valence-corrected chi connectivity index (χ1v) is 4.76. The maximum absolute atomic E-state index is 4.29. The van der Waals surface area contributed by atoms with E-state index in [-0.39, 0.29) is 0 Å². The smallest absolute Gasteiger partial charge is 0.0409 e. The average molecular weight is 181 g/mol. The molecule has 1 nitrogen and oxygen atoms in total. The number of hydrogen-bond donors (Lipinski definition) is 2. The van der Waals surface area contributed by atoms with Crippen molar-refractivity contribution in [1.82, 2.24) is 5.32 Å². The molecule has 0 heterocycles. The quantitative estimate of drug-likeness (QED) is 0.681. The van der Waals surface area contributed by atoms with Crippen molar-refractivity contribution in [1.29, 1.82) is 0 Å². The van der Waals surface area contributed by atoms with Crippen LogP contribution < -0.4 is 5.32 Å². The Morgan fingerprint density at radius 2 is 2.08 bits per heavy atom. The fourth-order valence-corrected chi connectivity index (χ4v) is 1.70. The Balaban J connectivity index is 2.92. The highest BCUT2D eigenvalue weighted by Crippen LogP contribution is 2.17. The summed E-state index contributed by atoms with van der Waals surface area (Å²) < 4.78 is 0. The maximum Gasteiger partial charge on any atom is 0.0409 e. The van der Waals surface area contributed by atoms with Crippen LogP contribution in [0.2, 0.25) is 0 Å². The molecule has 1 aromatic carbocycles. The molecule has 1 N–H and O–H groups in total. The van der Waals surface area contributed by atoms with E-state index in [0.717, 1.165) is 5.75 Å². The first-order valence-electron chi connectivity index (χ1n) is 4.13. The van der Waals surface area contributed by atoms with Crippen LogP contribution in [0.1, 0.15) is 17.2 Å². The molecular weight excluding hydrogens is 166 g/mol. The van der Waals surface area contributed by atoms with Crippen LogP contribution in [0.25, 0.3) is 0 Å². The molecular formula is C10H15NS. The Bertz CT molecular complexity index is 243. The van der Waals surface area contributed by atoms with Gasteiger partial charge in [0, 0.05) is 11.8 Å². The molecule has 0 aliphatic carbocycles. The standard InChI is InChI=1S/C10H15NS/c1-8-5-3-4-6-9(8)10(7-12)11-2/h3-6,10-12H,7H2,1-2H3. The van der Waals surface area contributed by atoms with E-state index in [1.54, 1.807) is 0 Å². The minimum atomic E-state index is 0.370. The molecule has 1 atom stereocenters. The lowest BCUT2D eigenvalue weighted by Gasteiger charge is -2.15. The zero-order chi connectivity index (χ0) is 8.97.